The first kappa shape index (κ1) is 14.2. The second kappa shape index (κ2) is 6.37. The largest absolute Gasteiger partial charge is 0.382 e. The van der Waals surface area contributed by atoms with Crippen LogP contribution in [-0.2, 0) is 9.53 Å². The number of carbonyl (C=O) groups excluding carboxylic acids is 2. The van der Waals surface area contributed by atoms with Gasteiger partial charge in [0.2, 0.25) is 0 Å². The predicted octanol–water partition coefficient (Wildman–Crippen LogP) is 3.22. The fourth-order valence-corrected chi connectivity index (χ4v) is 3.33. The third kappa shape index (κ3) is 2.75. The van der Waals surface area contributed by atoms with Crippen molar-refractivity contribution in [1.82, 2.24) is 9.97 Å². The Labute approximate surface area is 164 Å². The van der Waals surface area contributed by atoms with E-state index in [1.165, 1.54) is 19.5 Å². The summed E-state index contributed by atoms with van der Waals surface area (Å²) in [6.07, 6.45) is 2.87. The number of rotatable bonds is 4. The van der Waals surface area contributed by atoms with E-state index in [0.717, 1.165) is 0 Å². The molecule has 3 N–H and O–H groups in total. The molecule has 1 aromatic carbocycles. The van der Waals surface area contributed by atoms with E-state index in [2.05, 4.69) is 20.6 Å². The van der Waals surface area contributed by atoms with Gasteiger partial charge in [-0.3, -0.25) is 9.59 Å². The predicted molar refractivity (Wildman–Crippen MR) is 104 cm³/mol. The van der Waals surface area contributed by atoms with Crippen LogP contribution in [-0.4, -0.2) is 40.9 Å². The zero-order valence-corrected chi connectivity index (χ0v) is 15.0. The minimum absolute atomic E-state index is 0.239. The number of pyridine rings is 1. The van der Waals surface area contributed by atoms with Crippen molar-refractivity contribution < 1.29 is 18.4 Å². The first-order chi connectivity index (χ1) is 14.2. The molecule has 1 aliphatic heterocycles. The lowest BCUT2D eigenvalue weighted by Gasteiger charge is -2.35. The van der Waals surface area contributed by atoms with Crippen molar-refractivity contribution in [2.24, 2.45) is 0 Å². The molecule has 1 atom stereocenters. The summed E-state index contributed by atoms with van der Waals surface area (Å²) < 4.78 is 28.9. The fraction of sp³-hybridized carbons (Fsp3) is 0.211. The number of amides is 1. The Kier molecular flexibility index (Phi) is 3.35. The van der Waals surface area contributed by atoms with Crippen molar-refractivity contribution in [2.45, 2.75) is 12.4 Å². The van der Waals surface area contributed by atoms with Crippen molar-refractivity contribution in [2.75, 3.05) is 24.4 Å². The number of carbonyl (C=O) groups is 2. The van der Waals surface area contributed by atoms with Crippen LogP contribution in [0.2, 0.25) is 5.02 Å². The molecule has 3 aromatic rings. The second-order valence-electron chi connectivity index (χ2n) is 6.20. The number of aromatic amines is 1. The number of methoxy groups -OCH3 is 1. The lowest BCUT2D eigenvalue weighted by Crippen LogP contribution is -2.53. The Morgan fingerprint density at radius 2 is 2.19 bits per heavy atom. The highest BCUT2D eigenvalue weighted by atomic mass is 35.5. The molecule has 1 amide bonds. The number of anilines is 2. The van der Waals surface area contributed by atoms with Gasteiger partial charge in [-0.2, -0.15) is 0 Å². The number of ether oxygens (including phenoxy) is 1. The number of nitrogens with one attached hydrogen (secondary N) is 3. The van der Waals surface area contributed by atoms with E-state index in [1.54, 1.807) is 24.3 Å². The van der Waals surface area contributed by atoms with Gasteiger partial charge in [0.1, 0.15) is 11.2 Å². The maximum Gasteiger partial charge on any atom is 0.252 e. The van der Waals surface area contributed by atoms with Crippen molar-refractivity contribution in [3.63, 3.8) is 0 Å². The number of fused-ring (bicyclic) bond motifs is 3. The van der Waals surface area contributed by atoms with Gasteiger partial charge in [-0.1, -0.05) is 23.7 Å². The standard InChI is InChI=1S/C19H17ClN4O3/c1-19(9-27-2)18(26)23-13-8-22-17-14(15(13)24-19)11(7-21-17)16(25)10-5-3-4-6-12(10)20/h3-8,24H,9H2,1-2H3,(H,21,22)(H,23,26)/t19-/m0/s1/i1D3. The zero-order chi connectivity index (χ0) is 21.7. The third-order valence-corrected chi connectivity index (χ3v) is 4.73. The molecule has 4 rings (SSSR count). The highest BCUT2D eigenvalue weighted by Crippen LogP contribution is 2.38. The zero-order valence-electron chi connectivity index (χ0n) is 17.2. The van der Waals surface area contributed by atoms with E-state index in [0.29, 0.717) is 11.0 Å². The summed E-state index contributed by atoms with van der Waals surface area (Å²) >= 11 is 6.19. The van der Waals surface area contributed by atoms with E-state index in [9.17, 15) is 9.59 Å². The van der Waals surface area contributed by atoms with Crippen LogP contribution in [0.15, 0.2) is 36.7 Å². The van der Waals surface area contributed by atoms with Gasteiger partial charge in [0.15, 0.2) is 5.78 Å². The summed E-state index contributed by atoms with van der Waals surface area (Å²) in [7, 11) is 1.31. The lowest BCUT2D eigenvalue weighted by molar-refractivity contribution is -0.121. The molecule has 0 aliphatic carbocycles. The molecular formula is C19H17ClN4O3. The van der Waals surface area contributed by atoms with Crippen LogP contribution < -0.4 is 10.6 Å². The summed E-state index contributed by atoms with van der Waals surface area (Å²) in [5.74, 6) is -1.14. The normalized spacial score (nSPS) is 20.8. The molecular weight excluding hydrogens is 368 g/mol. The van der Waals surface area contributed by atoms with E-state index in [-0.39, 0.29) is 33.3 Å². The summed E-state index contributed by atoms with van der Waals surface area (Å²) in [5.41, 5.74) is -0.629. The Balaban J connectivity index is 1.92. The monoisotopic (exact) mass is 387 g/mol. The SMILES string of the molecule is [2H]C([2H])([2H])[C@@]1(COC)Nc2c(cnc3[nH]cc(C(=O)c4ccccc4Cl)c23)NC1=O. The minimum atomic E-state index is -2.73. The van der Waals surface area contributed by atoms with Gasteiger partial charge in [0, 0.05) is 23.0 Å². The second-order valence-corrected chi connectivity index (χ2v) is 6.61. The van der Waals surface area contributed by atoms with Gasteiger partial charge in [-0.25, -0.2) is 4.98 Å². The molecule has 138 valence electrons. The molecule has 0 fully saturated rings. The molecule has 1 aliphatic rings. The van der Waals surface area contributed by atoms with Crippen LogP contribution in [0.4, 0.5) is 11.4 Å². The van der Waals surface area contributed by atoms with Gasteiger partial charge in [-0.15, -0.1) is 0 Å². The summed E-state index contributed by atoms with van der Waals surface area (Å²) in [4.78, 5) is 33.1. The highest BCUT2D eigenvalue weighted by molar-refractivity contribution is 6.35. The minimum Gasteiger partial charge on any atom is -0.382 e. The van der Waals surface area contributed by atoms with Crippen LogP contribution >= 0.6 is 11.6 Å². The number of nitrogens with zero attached hydrogens (tertiary/aromatic N) is 1. The molecule has 2 aromatic heterocycles. The maximum atomic E-state index is 13.2. The molecule has 0 bridgehead atoms. The lowest BCUT2D eigenvalue weighted by atomic mass is 9.96. The Morgan fingerprint density at radius 1 is 1.37 bits per heavy atom. The average Bonchev–Trinajstić information content (AvgIpc) is 3.12. The molecule has 27 heavy (non-hydrogen) atoms. The van der Waals surface area contributed by atoms with Crippen molar-refractivity contribution in [3.05, 3.63) is 52.8 Å². The number of benzene rings is 1. The molecule has 8 heteroatoms. The van der Waals surface area contributed by atoms with Crippen LogP contribution in [0, 0.1) is 0 Å². The maximum absolute atomic E-state index is 13.2. The Morgan fingerprint density at radius 3 is 2.93 bits per heavy atom. The average molecular weight is 388 g/mol. The third-order valence-electron chi connectivity index (χ3n) is 4.40. The number of halogens is 1. The quantitative estimate of drug-likeness (QED) is 0.597. The Hall–Kier alpha value is -2.90. The van der Waals surface area contributed by atoms with E-state index >= 15 is 0 Å². The van der Waals surface area contributed by atoms with Gasteiger partial charge >= 0.3 is 0 Å². The summed E-state index contributed by atoms with van der Waals surface area (Å²) in [6, 6.07) is 6.61. The molecule has 0 radical (unpaired) electrons. The number of ketones is 1. The van der Waals surface area contributed by atoms with E-state index in [1.807, 2.05) is 0 Å². The van der Waals surface area contributed by atoms with Crippen LogP contribution in [0.1, 0.15) is 26.9 Å². The molecule has 0 unspecified atom stereocenters. The van der Waals surface area contributed by atoms with Crippen molar-refractivity contribution in [1.29, 1.82) is 0 Å². The molecule has 3 heterocycles. The molecule has 0 spiro atoms. The van der Waals surface area contributed by atoms with Crippen LogP contribution in [0.3, 0.4) is 0 Å². The first-order valence-electron chi connectivity index (χ1n) is 9.57. The Bertz CT molecular complexity index is 1180. The smallest absolute Gasteiger partial charge is 0.252 e. The number of hydrogen-bond donors (Lipinski definition) is 3. The molecule has 0 saturated carbocycles. The first-order valence-corrected chi connectivity index (χ1v) is 8.45. The van der Waals surface area contributed by atoms with Gasteiger partial charge in [0.25, 0.3) is 5.91 Å². The number of hydrogen-bond acceptors (Lipinski definition) is 5. The molecule has 0 saturated heterocycles. The number of aromatic nitrogens is 2. The highest BCUT2D eigenvalue weighted by Gasteiger charge is 2.39. The van der Waals surface area contributed by atoms with Crippen LogP contribution in [0.5, 0.6) is 0 Å². The van der Waals surface area contributed by atoms with E-state index < -0.39 is 24.9 Å². The van der Waals surface area contributed by atoms with Crippen molar-refractivity contribution >= 4 is 45.7 Å². The fourth-order valence-electron chi connectivity index (χ4n) is 3.11. The van der Waals surface area contributed by atoms with Crippen molar-refractivity contribution in [3.8, 4) is 0 Å². The van der Waals surface area contributed by atoms with Gasteiger partial charge in [-0.05, 0) is 19.0 Å². The van der Waals surface area contributed by atoms with E-state index in [4.69, 9.17) is 20.5 Å². The van der Waals surface area contributed by atoms with Crippen LogP contribution in [0.25, 0.3) is 11.0 Å². The molecule has 7 nitrogen and oxygen atoms in total. The summed E-state index contributed by atoms with van der Waals surface area (Å²) in [6.45, 7) is -3.14. The topological polar surface area (TPSA) is 96.1 Å². The van der Waals surface area contributed by atoms with Gasteiger partial charge < -0.3 is 20.4 Å². The summed E-state index contributed by atoms with van der Waals surface area (Å²) in [5, 5.41) is 6.07. The number of H-pyrrole nitrogens is 1. The van der Waals surface area contributed by atoms with Gasteiger partial charge in [0.05, 0.1) is 40.2 Å².